The average Bonchev–Trinajstić information content (AvgIpc) is 3.04. The van der Waals surface area contributed by atoms with Gasteiger partial charge in [-0.2, -0.15) is 0 Å². The molecule has 2 N–H and O–H groups in total. The van der Waals surface area contributed by atoms with Gasteiger partial charge in [-0.3, -0.25) is 9.59 Å². The highest BCUT2D eigenvalue weighted by molar-refractivity contribution is 9.10. The molecular formula is C19H19BrN4O2S. The highest BCUT2D eigenvalue weighted by Gasteiger charge is 2.07. The Morgan fingerprint density at radius 2 is 1.96 bits per heavy atom. The third-order valence-electron chi connectivity index (χ3n) is 3.69. The second-order valence-electron chi connectivity index (χ2n) is 5.85. The van der Waals surface area contributed by atoms with Gasteiger partial charge in [-0.05, 0) is 30.3 Å². The van der Waals surface area contributed by atoms with Gasteiger partial charge in [0.2, 0.25) is 11.8 Å². The zero-order chi connectivity index (χ0) is 19.1. The summed E-state index contributed by atoms with van der Waals surface area (Å²) in [6.45, 7) is 0.521. The lowest BCUT2D eigenvalue weighted by molar-refractivity contribution is -0.118. The first kappa shape index (κ1) is 19.4. The van der Waals surface area contributed by atoms with E-state index < -0.39 is 0 Å². The van der Waals surface area contributed by atoms with Crippen molar-refractivity contribution in [3.8, 4) is 0 Å². The van der Waals surface area contributed by atoms with E-state index in [1.54, 1.807) is 0 Å². The van der Waals surface area contributed by atoms with E-state index in [2.05, 4.69) is 31.5 Å². The lowest BCUT2D eigenvalue weighted by Gasteiger charge is -2.06. The molecule has 0 atom stereocenters. The summed E-state index contributed by atoms with van der Waals surface area (Å²) in [7, 11) is 0. The number of hydrogen-bond acceptors (Lipinski definition) is 4. The number of pyridine rings is 1. The standard InChI is InChI=1S/C19H19BrN4O2S/c20-14-4-3-5-15(10-14)23-19(26)13-27-12-18(25)21-8-7-16-11-24-9-2-1-6-17(24)22-16/h1-6,9-11H,7-8,12-13H2,(H,21,25)(H,23,26). The number of rotatable bonds is 8. The quantitative estimate of drug-likeness (QED) is 0.557. The smallest absolute Gasteiger partial charge is 0.234 e. The predicted molar refractivity (Wildman–Crippen MR) is 112 cm³/mol. The maximum Gasteiger partial charge on any atom is 0.234 e. The lowest BCUT2D eigenvalue weighted by Crippen LogP contribution is -2.28. The Balaban J connectivity index is 1.33. The zero-order valence-electron chi connectivity index (χ0n) is 14.5. The molecule has 8 heteroatoms. The van der Waals surface area contributed by atoms with Gasteiger partial charge < -0.3 is 15.0 Å². The van der Waals surface area contributed by atoms with Gasteiger partial charge in [0.15, 0.2) is 0 Å². The van der Waals surface area contributed by atoms with Crippen LogP contribution in [-0.2, 0) is 16.0 Å². The average molecular weight is 447 g/mol. The fourth-order valence-corrected chi connectivity index (χ4v) is 3.53. The highest BCUT2D eigenvalue weighted by Crippen LogP contribution is 2.16. The topological polar surface area (TPSA) is 75.5 Å². The molecule has 0 fully saturated rings. The van der Waals surface area contributed by atoms with E-state index in [0.717, 1.165) is 21.5 Å². The molecule has 140 valence electrons. The molecule has 3 aromatic rings. The molecule has 0 aliphatic carbocycles. The number of nitrogens with one attached hydrogen (secondary N) is 2. The number of fused-ring (bicyclic) bond motifs is 1. The predicted octanol–water partition coefficient (Wildman–Crippen LogP) is 3.13. The molecule has 6 nitrogen and oxygen atoms in total. The normalized spacial score (nSPS) is 10.7. The Kier molecular flexibility index (Phi) is 6.89. The van der Waals surface area contributed by atoms with Gasteiger partial charge in [-0.25, -0.2) is 4.98 Å². The fraction of sp³-hybridized carbons (Fsp3) is 0.211. The van der Waals surface area contributed by atoms with Gasteiger partial charge in [0, 0.05) is 35.5 Å². The van der Waals surface area contributed by atoms with Crippen molar-refractivity contribution < 1.29 is 9.59 Å². The molecule has 2 heterocycles. The summed E-state index contributed by atoms with van der Waals surface area (Å²) in [4.78, 5) is 28.3. The minimum Gasteiger partial charge on any atom is -0.355 e. The molecule has 27 heavy (non-hydrogen) atoms. The Bertz CT molecular complexity index is 911. The molecule has 0 unspecified atom stereocenters. The zero-order valence-corrected chi connectivity index (χ0v) is 16.9. The molecule has 0 radical (unpaired) electrons. The van der Waals surface area contributed by atoms with Crippen LogP contribution in [0, 0.1) is 0 Å². The molecule has 3 rings (SSSR count). The van der Waals surface area contributed by atoms with E-state index in [1.165, 1.54) is 11.8 Å². The van der Waals surface area contributed by atoms with Crippen LogP contribution in [0.1, 0.15) is 5.69 Å². The number of amides is 2. The summed E-state index contributed by atoms with van der Waals surface area (Å²) in [5.41, 5.74) is 2.56. The summed E-state index contributed by atoms with van der Waals surface area (Å²) < 4.78 is 2.86. The van der Waals surface area contributed by atoms with E-state index in [9.17, 15) is 9.59 Å². The second kappa shape index (κ2) is 9.57. The van der Waals surface area contributed by atoms with Crippen LogP contribution in [0.3, 0.4) is 0 Å². The van der Waals surface area contributed by atoms with Crippen molar-refractivity contribution in [3.63, 3.8) is 0 Å². The molecule has 0 saturated heterocycles. The van der Waals surface area contributed by atoms with Crippen molar-refractivity contribution in [1.82, 2.24) is 14.7 Å². The number of benzene rings is 1. The van der Waals surface area contributed by atoms with Crippen LogP contribution < -0.4 is 10.6 Å². The number of anilines is 1. The summed E-state index contributed by atoms with van der Waals surface area (Å²) >= 11 is 4.65. The first-order valence-corrected chi connectivity index (χ1v) is 10.4. The van der Waals surface area contributed by atoms with Crippen LogP contribution in [0.15, 0.2) is 59.3 Å². The third kappa shape index (κ3) is 6.11. The van der Waals surface area contributed by atoms with Crippen LogP contribution in [0.2, 0.25) is 0 Å². The lowest BCUT2D eigenvalue weighted by atomic mass is 10.3. The fourth-order valence-electron chi connectivity index (χ4n) is 2.49. The van der Waals surface area contributed by atoms with Crippen molar-refractivity contribution >= 4 is 50.8 Å². The SMILES string of the molecule is O=C(CSCC(=O)Nc1cccc(Br)c1)NCCc1cn2ccccc2n1. The van der Waals surface area contributed by atoms with Crippen molar-refractivity contribution in [2.75, 3.05) is 23.4 Å². The number of carbonyl (C=O) groups excluding carboxylic acids is 2. The number of imidazole rings is 1. The molecule has 0 bridgehead atoms. The van der Waals surface area contributed by atoms with Crippen molar-refractivity contribution in [1.29, 1.82) is 0 Å². The first-order valence-electron chi connectivity index (χ1n) is 8.42. The molecule has 0 aliphatic heterocycles. The van der Waals surface area contributed by atoms with Gasteiger partial charge >= 0.3 is 0 Å². The first-order chi connectivity index (χ1) is 13.1. The Hall–Kier alpha value is -2.32. The molecule has 0 saturated carbocycles. The molecule has 2 amide bonds. The molecule has 0 spiro atoms. The largest absolute Gasteiger partial charge is 0.355 e. The van der Waals surface area contributed by atoms with Crippen LogP contribution in [0.5, 0.6) is 0 Å². The van der Waals surface area contributed by atoms with E-state index in [-0.39, 0.29) is 23.3 Å². The number of aromatic nitrogens is 2. The minimum absolute atomic E-state index is 0.0842. The monoisotopic (exact) mass is 446 g/mol. The van der Waals surface area contributed by atoms with Crippen molar-refractivity contribution in [2.45, 2.75) is 6.42 Å². The highest BCUT2D eigenvalue weighted by atomic mass is 79.9. The molecule has 0 aliphatic rings. The van der Waals surface area contributed by atoms with E-state index >= 15 is 0 Å². The summed E-state index contributed by atoms with van der Waals surface area (Å²) in [6, 6.07) is 13.2. The van der Waals surface area contributed by atoms with Crippen LogP contribution >= 0.6 is 27.7 Å². The number of carbonyl (C=O) groups is 2. The van der Waals surface area contributed by atoms with Crippen LogP contribution in [0.4, 0.5) is 5.69 Å². The molecule has 1 aromatic carbocycles. The van der Waals surface area contributed by atoms with Gasteiger partial charge in [0.25, 0.3) is 0 Å². The maximum absolute atomic E-state index is 11.9. The summed E-state index contributed by atoms with van der Waals surface area (Å²) in [5, 5.41) is 5.66. The van der Waals surface area contributed by atoms with E-state index in [1.807, 2.05) is 59.3 Å². The minimum atomic E-state index is -0.129. The maximum atomic E-state index is 11.9. The third-order valence-corrected chi connectivity index (χ3v) is 5.12. The van der Waals surface area contributed by atoms with E-state index in [0.29, 0.717) is 13.0 Å². The number of thioether (sulfide) groups is 1. The molecule has 2 aromatic heterocycles. The van der Waals surface area contributed by atoms with Crippen LogP contribution in [-0.4, -0.2) is 39.2 Å². The van der Waals surface area contributed by atoms with Gasteiger partial charge in [0.05, 0.1) is 17.2 Å². The molecular weight excluding hydrogens is 428 g/mol. The van der Waals surface area contributed by atoms with Gasteiger partial charge in [-0.1, -0.05) is 28.1 Å². The Morgan fingerprint density at radius 3 is 2.78 bits per heavy atom. The summed E-state index contributed by atoms with van der Waals surface area (Å²) in [5.74, 6) is 0.262. The van der Waals surface area contributed by atoms with Gasteiger partial charge in [-0.15, -0.1) is 11.8 Å². The van der Waals surface area contributed by atoms with Crippen molar-refractivity contribution in [3.05, 3.63) is 65.0 Å². The van der Waals surface area contributed by atoms with Crippen LogP contribution in [0.25, 0.3) is 5.65 Å². The number of hydrogen-bond donors (Lipinski definition) is 2. The van der Waals surface area contributed by atoms with Crippen molar-refractivity contribution in [2.24, 2.45) is 0 Å². The number of halogens is 1. The Labute approximate surface area is 169 Å². The van der Waals surface area contributed by atoms with E-state index in [4.69, 9.17) is 0 Å². The number of nitrogens with zero attached hydrogens (tertiary/aromatic N) is 2. The summed E-state index contributed by atoms with van der Waals surface area (Å²) in [6.07, 6.45) is 4.57. The second-order valence-corrected chi connectivity index (χ2v) is 7.75. The Morgan fingerprint density at radius 1 is 1.11 bits per heavy atom. The van der Waals surface area contributed by atoms with Gasteiger partial charge in [0.1, 0.15) is 5.65 Å².